The fourth-order valence-corrected chi connectivity index (χ4v) is 4.36. The second-order valence-corrected chi connectivity index (χ2v) is 8.59. The molecule has 0 saturated carbocycles. The molecule has 36 heavy (non-hydrogen) atoms. The van der Waals surface area contributed by atoms with Crippen molar-refractivity contribution in [2.45, 2.75) is 37.6 Å². The molecule has 11 heteroatoms. The second-order valence-electron chi connectivity index (χ2n) is 8.59. The lowest BCUT2D eigenvalue weighted by Crippen LogP contribution is -2.47. The third-order valence-electron chi connectivity index (χ3n) is 6.17. The zero-order chi connectivity index (χ0) is 25.9. The van der Waals surface area contributed by atoms with Crippen molar-refractivity contribution >= 4 is 29.1 Å². The van der Waals surface area contributed by atoms with E-state index in [1.807, 2.05) is 0 Å². The van der Waals surface area contributed by atoms with Crippen molar-refractivity contribution < 1.29 is 32.6 Å². The Hall–Kier alpha value is -3.44. The Bertz CT molecular complexity index is 1140. The van der Waals surface area contributed by atoms with Gasteiger partial charge in [0, 0.05) is 37.1 Å². The number of aliphatic hydroxyl groups excluding tert-OH is 1. The first-order chi connectivity index (χ1) is 17.2. The van der Waals surface area contributed by atoms with E-state index < -0.39 is 23.8 Å². The highest BCUT2D eigenvalue weighted by Crippen LogP contribution is 2.32. The third-order valence-corrected chi connectivity index (χ3v) is 6.17. The molecule has 2 atom stereocenters. The smallest absolute Gasteiger partial charge is 0.396 e. The molecule has 0 spiro atoms. The Morgan fingerprint density at radius 2 is 1.97 bits per heavy atom. The van der Waals surface area contributed by atoms with Crippen molar-refractivity contribution in [3.63, 3.8) is 0 Å². The highest BCUT2D eigenvalue weighted by atomic mass is 19.4. The number of alkyl halides is 3. The van der Waals surface area contributed by atoms with E-state index in [0.717, 1.165) is 31.0 Å². The maximum Gasteiger partial charge on any atom is 0.416 e. The van der Waals surface area contributed by atoms with Gasteiger partial charge in [0.15, 0.2) is 0 Å². The molecule has 0 aliphatic carbocycles. The van der Waals surface area contributed by atoms with Gasteiger partial charge in [-0.15, -0.1) is 0 Å². The second kappa shape index (κ2) is 10.7. The van der Waals surface area contributed by atoms with E-state index >= 15 is 0 Å². The number of nitrogens with one attached hydrogen (secondary N) is 1. The summed E-state index contributed by atoms with van der Waals surface area (Å²) in [5.74, 6) is -0.803. The monoisotopic (exact) mass is 504 g/mol. The summed E-state index contributed by atoms with van der Waals surface area (Å²) in [5.41, 5.74) is 0.207. The first kappa shape index (κ1) is 25.6. The summed E-state index contributed by atoms with van der Waals surface area (Å²) in [7, 11) is 1.54. The quantitative estimate of drug-likeness (QED) is 0.464. The lowest BCUT2D eigenvalue weighted by Gasteiger charge is -2.32. The van der Waals surface area contributed by atoms with E-state index in [1.165, 1.54) is 6.07 Å². The standard InChI is InChI=1S/C25H27F3N4O4/c1-29-24(30-22(34)16-4-2-5-17(14-16)25(26,27)28)31(12-3-13-33)18-6-8-19(9-7-18)32-15-20-10-11-21(36-20)23(32)35/h2,4-9,14,20-21,33H,3,10-13,15H2,1H3,(H,29,30,34). The summed E-state index contributed by atoms with van der Waals surface area (Å²) in [4.78, 5) is 32.8. The lowest BCUT2D eigenvalue weighted by molar-refractivity contribution is -0.137. The average molecular weight is 505 g/mol. The minimum atomic E-state index is -4.58. The maximum atomic E-state index is 13.1. The van der Waals surface area contributed by atoms with E-state index in [2.05, 4.69) is 10.3 Å². The summed E-state index contributed by atoms with van der Waals surface area (Å²) < 4.78 is 44.9. The van der Waals surface area contributed by atoms with Crippen molar-refractivity contribution in [3.05, 3.63) is 59.7 Å². The summed E-state index contributed by atoms with van der Waals surface area (Å²) in [5, 5.41) is 12.2. The number of benzene rings is 2. The first-order valence-corrected chi connectivity index (χ1v) is 11.6. The number of rotatable bonds is 6. The number of halogens is 3. The molecule has 2 aromatic rings. The number of aliphatic imine (C=N–C) groups is 1. The van der Waals surface area contributed by atoms with Crippen LogP contribution in [0.2, 0.25) is 0 Å². The Kier molecular flexibility index (Phi) is 7.60. The van der Waals surface area contributed by atoms with E-state index in [9.17, 15) is 27.9 Å². The third kappa shape index (κ3) is 5.52. The zero-order valence-electron chi connectivity index (χ0n) is 19.7. The Morgan fingerprint density at radius 3 is 2.64 bits per heavy atom. The van der Waals surface area contributed by atoms with Crippen LogP contribution >= 0.6 is 0 Å². The maximum absolute atomic E-state index is 13.1. The molecule has 2 unspecified atom stereocenters. The van der Waals surface area contributed by atoms with E-state index in [4.69, 9.17) is 4.74 Å². The van der Waals surface area contributed by atoms with Gasteiger partial charge >= 0.3 is 6.18 Å². The molecule has 2 fully saturated rings. The van der Waals surface area contributed by atoms with Gasteiger partial charge in [0.05, 0.1) is 18.2 Å². The van der Waals surface area contributed by atoms with Gasteiger partial charge in [-0.1, -0.05) is 6.07 Å². The van der Waals surface area contributed by atoms with Gasteiger partial charge in [-0.05, 0) is 61.7 Å². The minimum Gasteiger partial charge on any atom is -0.396 e. The molecule has 2 amide bonds. The van der Waals surface area contributed by atoms with Crippen LogP contribution in [0.1, 0.15) is 35.2 Å². The number of anilines is 2. The first-order valence-electron chi connectivity index (χ1n) is 11.6. The lowest BCUT2D eigenvalue weighted by atomic mass is 10.1. The van der Waals surface area contributed by atoms with Gasteiger partial charge in [0.2, 0.25) is 5.96 Å². The highest BCUT2D eigenvalue weighted by molar-refractivity contribution is 6.07. The number of amides is 2. The number of carbonyl (C=O) groups excluding carboxylic acids is 2. The van der Waals surface area contributed by atoms with Crippen molar-refractivity contribution in [2.24, 2.45) is 4.99 Å². The number of nitrogens with zero attached hydrogens (tertiary/aromatic N) is 3. The normalized spacial score (nSPS) is 20.0. The molecule has 0 aromatic heterocycles. The van der Waals surface area contributed by atoms with Crippen molar-refractivity contribution in [1.29, 1.82) is 0 Å². The van der Waals surface area contributed by atoms with Crippen LogP contribution in [0.5, 0.6) is 0 Å². The van der Waals surface area contributed by atoms with Crippen molar-refractivity contribution in [3.8, 4) is 0 Å². The molecular weight excluding hydrogens is 477 g/mol. The number of ether oxygens (including phenoxy) is 1. The van der Waals surface area contributed by atoms with Crippen LogP contribution in [0.15, 0.2) is 53.5 Å². The van der Waals surface area contributed by atoms with Crippen LogP contribution in [0.4, 0.5) is 24.5 Å². The number of guanidine groups is 1. The van der Waals surface area contributed by atoms with Crippen LogP contribution in [0.25, 0.3) is 0 Å². The summed E-state index contributed by atoms with van der Waals surface area (Å²) in [6, 6.07) is 11.2. The molecule has 2 N–H and O–H groups in total. The molecule has 4 rings (SSSR count). The zero-order valence-corrected chi connectivity index (χ0v) is 19.7. The molecule has 0 radical (unpaired) electrons. The number of carbonyl (C=O) groups is 2. The molecule has 2 heterocycles. The van der Waals surface area contributed by atoms with E-state index in [1.54, 1.807) is 41.1 Å². The number of fused-ring (bicyclic) bond motifs is 2. The number of hydrogen-bond donors (Lipinski definition) is 2. The number of morpholine rings is 1. The molecule has 8 nitrogen and oxygen atoms in total. The van der Waals surface area contributed by atoms with Crippen LogP contribution < -0.4 is 15.1 Å². The summed E-state index contributed by atoms with van der Waals surface area (Å²) in [6.45, 7) is 0.655. The van der Waals surface area contributed by atoms with Crippen LogP contribution in [0, 0.1) is 0 Å². The van der Waals surface area contributed by atoms with E-state index in [-0.39, 0.29) is 36.7 Å². The number of aliphatic hydroxyl groups is 1. The van der Waals surface area contributed by atoms with Crippen molar-refractivity contribution in [2.75, 3.05) is 36.5 Å². The number of hydrogen-bond acceptors (Lipinski definition) is 4. The molecule has 192 valence electrons. The predicted octanol–water partition coefficient (Wildman–Crippen LogP) is 3.20. The molecule has 2 aromatic carbocycles. The summed E-state index contributed by atoms with van der Waals surface area (Å²) in [6.07, 6.45) is -3.04. The van der Waals surface area contributed by atoms with Gasteiger partial charge in [-0.2, -0.15) is 18.2 Å². The predicted molar refractivity (Wildman–Crippen MR) is 128 cm³/mol. The van der Waals surface area contributed by atoms with Crippen molar-refractivity contribution in [1.82, 2.24) is 5.32 Å². The fraction of sp³-hybridized carbons (Fsp3) is 0.400. The Balaban J connectivity index is 1.59. The van der Waals surface area contributed by atoms with E-state index in [0.29, 0.717) is 24.3 Å². The minimum absolute atomic E-state index is 0.0262. The van der Waals surface area contributed by atoms with Gasteiger partial charge in [0.1, 0.15) is 6.10 Å². The van der Waals surface area contributed by atoms with Gasteiger partial charge in [-0.3, -0.25) is 9.59 Å². The molecule has 2 aliphatic rings. The molecular formula is C25H27F3N4O4. The molecule has 2 saturated heterocycles. The summed E-state index contributed by atoms with van der Waals surface area (Å²) >= 11 is 0. The van der Waals surface area contributed by atoms with Crippen LogP contribution in [-0.4, -0.2) is 61.8 Å². The Labute approximate surface area is 206 Å². The Morgan fingerprint density at radius 1 is 1.22 bits per heavy atom. The molecule has 2 bridgehead atoms. The van der Waals surface area contributed by atoms with Crippen LogP contribution in [-0.2, 0) is 15.7 Å². The average Bonchev–Trinajstić information content (AvgIpc) is 3.29. The largest absolute Gasteiger partial charge is 0.416 e. The van der Waals surface area contributed by atoms with Crippen LogP contribution in [0.3, 0.4) is 0 Å². The molecule has 2 aliphatic heterocycles. The SMILES string of the molecule is CN/C(=N\C(=O)c1cccc(C(F)(F)F)c1)N(CCCO)c1ccc(N2CC3CCC(O3)C2=O)cc1. The topological polar surface area (TPSA) is 94.5 Å². The fourth-order valence-electron chi connectivity index (χ4n) is 4.36. The van der Waals surface area contributed by atoms with Gasteiger partial charge < -0.3 is 25.0 Å². The highest BCUT2D eigenvalue weighted by Gasteiger charge is 2.40. The van der Waals surface area contributed by atoms with Gasteiger partial charge in [-0.25, -0.2) is 0 Å². The van der Waals surface area contributed by atoms with Gasteiger partial charge in [0.25, 0.3) is 11.8 Å².